The molecule has 1 aromatic rings. The zero-order valence-electron chi connectivity index (χ0n) is 12.7. The van der Waals surface area contributed by atoms with Crippen molar-refractivity contribution < 1.29 is 9.47 Å². The largest absolute Gasteiger partial charge is 0.495 e. The number of methoxy groups -OCH3 is 1. The number of rotatable bonds is 4. The fraction of sp³-hybridized carbons (Fsp3) is 0.647. The lowest BCUT2D eigenvalue weighted by atomic mass is 9.83. The third kappa shape index (κ3) is 3.46. The van der Waals surface area contributed by atoms with Gasteiger partial charge in [-0.1, -0.05) is 30.9 Å². The molecule has 1 unspecified atom stereocenters. The van der Waals surface area contributed by atoms with Gasteiger partial charge in [0.25, 0.3) is 0 Å². The zero-order valence-corrected chi connectivity index (χ0v) is 13.4. The van der Waals surface area contributed by atoms with Gasteiger partial charge >= 0.3 is 0 Å². The highest BCUT2D eigenvalue weighted by Gasteiger charge is 2.40. The minimum absolute atomic E-state index is 0.184. The van der Waals surface area contributed by atoms with Crippen LogP contribution in [0.1, 0.15) is 44.9 Å². The molecule has 1 N–H and O–H groups in total. The maximum absolute atomic E-state index is 6.38. The predicted molar refractivity (Wildman–Crippen MR) is 86.4 cm³/mol. The van der Waals surface area contributed by atoms with E-state index in [1.54, 1.807) is 7.11 Å². The normalized spacial score (nSPS) is 24.2. The number of halogens is 1. The van der Waals surface area contributed by atoms with Gasteiger partial charge in [0.2, 0.25) is 0 Å². The van der Waals surface area contributed by atoms with Gasteiger partial charge in [0.15, 0.2) is 0 Å². The Hall–Kier alpha value is -0.930. The van der Waals surface area contributed by atoms with E-state index in [0.29, 0.717) is 6.10 Å². The van der Waals surface area contributed by atoms with Gasteiger partial charge in [-0.05, 0) is 43.9 Å². The Kier molecular flexibility index (Phi) is 4.60. The second-order valence-corrected chi connectivity index (χ2v) is 6.68. The Morgan fingerprint density at radius 3 is 2.86 bits per heavy atom. The molecule has 1 saturated carbocycles. The van der Waals surface area contributed by atoms with Crippen molar-refractivity contribution in [1.82, 2.24) is 0 Å². The summed E-state index contributed by atoms with van der Waals surface area (Å²) in [5.74, 6) is 0.824. The molecule has 1 heterocycles. The smallest absolute Gasteiger partial charge is 0.142 e. The van der Waals surface area contributed by atoms with E-state index in [1.807, 2.05) is 18.2 Å². The van der Waals surface area contributed by atoms with E-state index < -0.39 is 0 Å². The van der Waals surface area contributed by atoms with Crippen LogP contribution in [0.3, 0.4) is 0 Å². The Balaban J connectivity index is 1.57. The van der Waals surface area contributed by atoms with Crippen molar-refractivity contribution >= 4 is 17.3 Å². The van der Waals surface area contributed by atoms with Crippen LogP contribution in [0, 0.1) is 0 Å². The molecule has 0 amide bonds. The lowest BCUT2D eigenvalue weighted by Crippen LogP contribution is -2.33. The van der Waals surface area contributed by atoms with Crippen LogP contribution < -0.4 is 10.1 Å². The molecule has 0 aromatic heterocycles. The third-order valence-corrected chi connectivity index (χ3v) is 5.02. The lowest BCUT2D eigenvalue weighted by Gasteiger charge is -2.33. The number of nitrogens with one attached hydrogen (secondary N) is 1. The van der Waals surface area contributed by atoms with Crippen LogP contribution in [0.4, 0.5) is 5.69 Å². The average molecular weight is 310 g/mol. The first kappa shape index (κ1) is 15.0. The van der Waals surface area contributed by atoms with Gasteiger partial charge in [0.05, 0.1) is 24.5 Å². The van der Waals surface area contributed by atoms with E-state index in [-0.39, 0.29) is 5.60 Å². The molecule has 1 aliphatic heterocycles. The summed E-state index contributed by atoms with van der Waals surface area (Å²) in [6.45, 7) is 0.818. The van der Waals surface area contributed by atoms with Crippen LogP contribution >= 0.6 is 11.6 Å². The Morgan fingerprint density at radius 1 is 1.29 bits per heavy atom. The molecule has 0 radical (unpaired) electrons. The molecule has 116 valence electrons. The van der Waals surface area contributed by atoms with Crippen molar-refractivity contribution in [3.8, 4) is 5.75 Å². The molecule has 2 aliphatic rings. The summed E-state index contributed by atoms with van der Waals surface area (Å²) in [4.78, 5) is 0. The summed E-state index contributed by atoms with van der Waals surface area (Å²) in [7, 11) is 1.68. The summed E-state index contributed by atoms with van der Waals surface area (Å²) < 4.78 is 11.7. The molecule has 3 rings (SSSR count). The summed E-state index contributed by atoms with van der Waals surface area (Å²) in [5, 5.41) is 4.15. The second kappa shape index (κ2) is 6.45. The second-order valence-electron chi connectivity index (χ2n) is 6.25. The summed E-state index contributed by atoms with van der Waals surface area (Å²) >= 11 is 6.06. The number of benzene rings is 1. The molecule has 0 bridgehead atoms. The molecule has 21 heavy (non-hydrogen) atoms. The first-order valence-electron chi connectivity index (χ1n) is 7.96. The van der Waals surface area contributed by atoms with Crippen molar-refractivity contribution in [1.29, 1.82) is 0 Å². The topological polar surface area (TPSA) is 30.5 Å². The maximum Gasteiger partial charge on any atom is 0.142 e. The van der Waals surface area contributed by atoms with Gasteiger partial charge < -0.3 is 14.8 Å². The third-order valence-electron chi connectivity index (χ3n) is 4.79. The fourth-order valence-electron chi connectivity index (χ4n) is 3.65. The summed E-state index contributed by atoms with van der Waals surface area (Å²) in [6.07, 6.45) is 9.15. The number of ether oxygens (including phenoxy) is 2. The fourth-order valence-corrected chi connectivity index (χ4v) is 3.82. The van der Waals surface area contributed by atoms with Crippen LogP contribution in [0.25, 0.3) is 0 Å². The van der Waals surface area contributed by atoms with E-state index in [1.165, 1.54) is 38.5 Å². The molecule has 1 spiro atoms. The molecule has 1 aliphatic carbocycles. The van der Waals surface area contributed by atoms with Crippen LogP contribution in [-0.2, 0) is 4.74 Å². The zero-order chi connectivity index (χ0) is 14.7. The van der Waals surface area contributed by atoms with E-state index in [4.69, 9.17) is 21.1 Å². The van der Waals surface area contributed by atoms with Crippen LogP contribution in [0.5, 0.6) is 5.75 Å². The average Bonchev–Trinajstić information content (AvgIpc) is 2.89. The standard InChI is InChI=1S/C17H24ClNO2/c1-20-16-6-5-13(18)11-15(16)19-12-14-7-10-17(21-14)8-3-2-4-9-17/h5-6,11,14,19H,2-4,7-10,12H2,1H3. The minimum Gasteiger partial charge on any atom is -0.495 e. The maximum atomic E-state index is 6.38. The number of hydrogen-bond donors (Lipinski definition) is 1. The highest BCUT2D eigenvalue weighted by molar-refractivity contribution is 6.30. The van der Waals surface area contributed by atoms with E-state index in [9.17, 15) is 0 Å². The van der Waals surface area contributed by atoms with Gasteiger partial charge in [0.1, 0.15) is 5.75 Å². The number of anilines is 1. The van der Waals surface area contributed by atoms with Gasteiger partial charge in [-0.2, -0.15) is 0 Å². The molecule has 1 saturated heterocycles. The van der Waals surface area contributed by atoms with Crippen LogP contribution in [-0.4, -0.2) is 25.4 Å². The van der Waals surface area contributed by atoms with Gasteiger partial charge in [-0.25, -0.2) is 0 Å². The first-order chi connectivity index (χ1) is 10.2. The number of hydrogen-bond acceptors (Lipinski definition) is 3. The quantitative estimate of drug-likeness (QED) is 0.878. The van der Waals surface area contributed by atoms with E-state index in [0.717, 1.165) is 29.4 Å². The van der Waals surface area contributed by atoms with Gasteiger partial charge in [-0.3, -0.25) is 0 Å². The summed E-state index contributed by atoms with van der Waals surface area (Å²) in [6, 6.07) is 5.64. The predicted octanol–water partition coefficient (Wildman–Crippen LogP) is 4.64. The van der Waals surface area contributed by atoms with Crippen LogP contribution in [0.15, 0.2) is 18.2 Å². The van der Waals surface area contributed by atoms with Crippen molar-refractivity contribution in [3.05, 3.63) is 23.2 Å². The highest BCUT2D eigenvalue weighted by atomic mass is 35.5. The molecule has 2 fully saturated rings. The lowest BCUT2D eigenvalue weighted by molar-refractivity contribution is -0.0588. The molecule has 4 heteroatoms. The highest BCUT2D eigenvalue weighted by Crippen LogP contribution is 2.42. The van der Waals surface area contributed by atoms with Crippen LogP contribution in [0.2, 0.25) is 5.02 Å². The molecule has 1 atom stereocenters. The van der Waals surface area contributed by atoms with Crippen molar-refractivity contribution in [2.24, 2.45) is 0 Å². The molecular formula is C17H24ClNO2. The molecule has 3 nitrogen and oxygen atoms in total. The van der Waals surface area contributed by atoms with Gasteiger partial charge in [-0.15, -0.1) is 0 Å². The minimum atomic E-state index is 0.184. The Morgan fingerprint density at radius 2 is 2.10 bits per heavy atom. The van der Waals surface area contributed by atoms with E-state index >= 15 is 0 Å². The van der Waals surface area contributed by atoms with Crippen molar-refractivity contribution in [3.63, 3.8) is 0 Å². The van der Waals surface area contributed by atoms with Gasteiger partial charge in [0, 0.05) is 11.6 Å². The Labute approximate surface area is 132 Å². The molecular weight excluding hydrogens is 286 g/mol. The first-order valence-corrected chi connectivity index (χ1v) is 8.34. The molecule has 1 aromatic carbocycles. The Bertz CT molecular complexity index is 486. The SMILES string of the molecule is COc1ccc(Cl)cc1NCC1CCC2(CCCCC2)O1. The van der Waals surface area contributed by atoms with Crippen molar-refractivity contribution in [2.45, 2.75) is 56.7 Å². The van der Waals surface area contributed by atoms with Crippen molar-refractivity contribution in [2.75, 3.05) is 19.0 Å². The van der Waals surface area contributed by atoms with E-state index in [2.05, 4.69) is 5.32 Å². The monoisotopic (exact) mass is 309 g/mol. The summed E-state index contributed by atoms with van der Waals surface area (Å²) in [5.41, 5.74) is 1.13.